The number of carbonyl (C=O) groups is 1. The molecule has 1 amide bonds. The van der Waals surface area contributed by atoms with E-state index in [2.05, 4.69) is 28.8 Å². The number of nitro groups is 1. The minimum Gasteiger partial charge on any atom is -0.376 e. The highest BCUT2D eigenvalue weighted by Crippen LogP contribution is 2.24. The highest BCUT2D eigenvalue weighted by molar-refractivity contribution is 5.81. The monoisotopic (exact) mass is 353 g/mol. The average molecular weight is 353 g/mol. The van der Waals surface area contributed by atoms with Crippen molar-refractivity contribution >= 4 is 17.3 Å². The maximum absolute atomic E-state index is 12.2. The van der Waals surface area contributed by atoms with Crippen LogP contribution in [0.15, 0.2) is 42.5 Å². The summed E-state index contributed by atoms with van der Waals surface area (Å²) in [5.41, 5.74) is 4.47. The van der Waals surface area contributed by atoms with E-state index in [4.69, 9.17) is 0 Å². The summed E-state index contributed by atoms with van der Waals surface area (Å²) in [6.07, 6.45) is 4.73. The summed E-state index contributed by atoms with van der Waals surface area (Å²) in [7, 11) is 0. The van der Waals surface area contributed by atoms with E-state index < -0.39 is 4.92 Å². The van der Waals surface area contributed by atoms with E-state index in [0.717, 1.165) is 18.4 Å². The lowest BCUT2D eigenvalue weighted by molar-refractivity contribution is -0.384. The van der Waals surface area contributed by atoms with E-state index in [1.807, 2.05) is 6.92 Å². The van der Waals surface area contributed by atoms with E-state index in [-0.39, 0.29) is 24.2 Å². The van der Waals surface area contributed by atoms with Crippen LogP contribution in [0.4, 0.5) is 11.4 Å². The second-order valence-corrected chi connectivity index (χ2v) is 6.69. The maximum atomic E-state index is 12.2. The molecule has 136 valence electrons. The van der Waals surface area contributed by atoms with Gasteiger partial charge in [-0.3, -0.25) is 14.9 Å². The molecule has 0 bridgehead atoms. The molecule has 0 unspecified atom stereocenters. The van der Waals surface area contributed by atoms with E-state index in [1.165, 1.54) is 36.1 Å². The number of fused-ring (bicyclic) bond motifs is 1. The Balaban J connectivity index is 1.56. The summed E-state index contributed by atoms with van der Waals surface area (Å²) < 4.78 is 0. The summed E-state index contributed by atoms with van der Waals surface area (Å²) in [5, 5.41) is 16.7. The van der Waals surface area contributed by atoms with Gasteiger partial charge in [0.25, 0.3) is 5.69 Å². The molecule has 2 aromatic rings. The molecule has 0 saturated heterocycles. The van der Waals surface area contributed by atoms with Crippen molar-refractivity contribution in [2.75, 3.05) is 11.9 Å². The number of hydrogen-bond acceptors (Lipinski definition) is 4. The first-order valence-corrected chi connectivity index (χ1v) is 8.92. The van der Waals surface area contributed by atoms with Crippen molar-refractivity contribution in [1.29, 1.82) is 0 Å². The van der Waals surface area contributed by atoms with Crippen molar-refractivity contribution < 1.29 is 9.72 Å². The minimum absolute atomic E-state index is 0.00200. The molecule has 1 aliphatic carbocycles. The zero-order valence-electron chi connectivity index (χ0n) is 14.8. The van der Waals surface area contributed by atoms with Gasteiger partial charge in [-0.15, -0.1) is 0 Å². The van der Waals surface area contributed by atoms with E-state index >= 15 is 0 Å². The number of non-ortho nitro benzene ring substituents is 1. The summed E-state index contributed by atoms with van der Waals surface area (Å²) in [6.45, 7) is 2.03. The molecule has 26 heavy (non-hydrogen) atoms. The molecule has 1 aliphatic rings. The standard InChI is InChI=1S/C20H23N3O3/c1-14(16-10-9-15-5-2-3-6-17(15)11-16)22-20(24)13-21-18-7-4-8-19(12-18)23(25)26/h4,7-12,14,21H,2-3,5-6,13H2,1H3,(H,22,24)/t14-/m1/s1. The second-order valence-electron chi connectivity index (χ2n) is 6.69. The van der Waals surface area contributed by atoms with Gasteiger partial charge in [0, 0.05) is 17.8 Å². The molecule has 3 rings (SSSR count). The van der Waals surface area contributed by atoms with Crippen molar-refractivity contribution in [3.05, 3.63) is 69.3 Å². The number of anilines is 1. The predicted octanol–water partition coefficient (Wildman–Crippen LogP) is 3.76. The third-order valence-electron chi connectivity index (χ3n) is 4.76. The van der Waals surface area contributed by atoms with Gasteiger partial charge in [0.15, 0.2) is 0 Å². The number of rotatable bonds is 6. The summed E-state index contributed by atoms with van der Waals surface area (Å²) in [4.78, 5) is 22.5. The average Bonchev–Trinajstić information content (AvgIpc) is 2.66. The Morgan fingerprint density at radius 2 is 1.92 bits per heavy atom. The molecular weight excluding hydrogens is 330 g/mol. The van der Waals surface area contributed by atoms with Crippen molar-refractivity contribution in [3.8, 4) is 0 Å². The Labute approximate surface area is 152 Å². The fourth-order valence-corrected chi connectivity index (χ4v) is 3.31. The first-order valence-electron chi connectivity index (χ1n) is 8.92. The number of nitro benzene ring substituents is 1. The molecule has 6 nitrogen and oxygen atoms in total. The van der Waals surface area contributed by atoms with E-state index in [0.29, 0.717) is 5.69 Å². The van der Waals surface area contributed by atoms with Gasteiger partial charge in [-0.05, 0) is 55.4 Å². The minimum atomic E-state index is -0.455. The van der Waals surface area contributed by atoms with Crippen LogP contribution < -0.4 is 10.6 Å². The Morgan fingerprint density at radius 1 is 1.15 bits per heavy atom. The van der Waals surface area contributed by atoms with Crippen LogP contribution >= 0.6 is 0 Å². The van der Waals surface area contributed by atoms with Crippen LogP contribution in [0.5, 0.6) is 0 Å². The predicted molar refractivity (Wildman–Crippen MR) is 101 cm³/mol. The number of benzene rings is 2. The summed E-state index contributed by atoms with van der Waals surface area (Å²) >= 11 is 0. The van der Waals surface area contributed by atoms with Gasteiger partial charge in [0.1, 0.15) is 0 Å². The Kier molecular flexibility index (Phi) is 5.51. The van der Waals surface area contributed by atoms with Gasteiger partial charge in [0.2, 0.25) is 5.91 Å². The van der Waals surface area contributed by atoms with Crippen LogP contribution in [0.1, 0.15) is 42.5 Å². The molecule has 0 saturated carbocycles. The molecule has 0 spiro atoms. The first-order chi connectivity index (χ1) is 12.5. The SMILES string of the molecule is C[C@@H](NC(=O)CNc1cccc([N+](=O)[O-])c1)c1ccc2c(c1)CCCC2. The van der Waals surface area contributed by atoms with E-state index in [1.54, 1.807) is 12.1 Å². The Morgan fingerprint density at radius 3 is 2.69 bits per heavy atom. The molecule has 6 heteroatoms. The van der Waals surface area contributed by atoms with Gasteiger partial charge in [-0.1, -0.05) is 24.3 Å². The largest absolute Gasteiger partial charge is 0.376 e. The highest BCUT2D eigenvalue weighted by Gasteiger charge is 2.14. The van der Waals surface area contributed by atoms with Gasteiger partial charge >= 0.3 is 0 Å². The fraction of sp³-hybridized carbons (Fsp3) is 0.350. The van der Waals surface area contributed by atoms with Crippen LogP contribution in [0, 0.1) is 10.1 Å². The second kappa shape index (κ2) is 7.99. The number of aryl methyl sites for hydroxylation is 2. The van der Waals surface area contributed by atoms with Crippen molar-refractivity contribution in [1.82, 2.24) is 5.32 Å². The summed E-state index contributed by atoms with van der Waals surface area (Å²) in [5.74, 6) is -0.151. The zero-order valence-corrected chi connectivity index (χ0v) is 14.8. The molecule has 2 aromatic carbocycles. The van der Waals surface area contributed by atoms with Crippen LogP contribution in [0.25, 0.3) is 0 Å². The normalized spacial score (nSPS) is 14.2. The number of amides is 1. The Hall–Kier alpha value is -2.89. The molecular formula is C20H23N3O3. The van der Waals surface area contributed by atoms with Crippen LogP contribution in [0.2, 0.25) is 0 Å². The third-order valence-corrected chi connectivity index (χ3v) is 4.76. The van der Waals surface area contributed by atoms with Crippen molar-refractivity contribution in [2.45, 2.75) is 38.6 Å². The van der Waals surface area contributed by atoms with Gasteiger partial charge in [-0.2, -0.15) is 0 Å². The Bertz CT molecular complexity index is 820. The van der Waals surface area contributed by atoms with Crippen LogP contribution in [-0.2, 0) is 17.6 Å². The van der Waals surface area contributed by atoms with Crippen molar-refractivity contribution in [2.24, 2.45) is 0 Å². The quantitative estimate of drug-likeness (QED) is 0.612. The summed E-state index contributed by atoms with van der Waals surface area (Å²) in [6, 6.07) is 12.5. The molecule has 1 atom stereocenters. The first kappa shape index (κ1) is 17.9. The number of nitrogens with one attached hydrogen (secondary N) is 2. The van der Waals surface area contributed by atoms with Crippen molar-refractivity contribution in [3.63, 3.8) is 0 Å². The molecule has 2 N–H and O–H groups in total. The van der Waals surface area contributed by atoms with Crippen LogP contribution in [-0.4, -0.2) is 17.4 Å². The molecule has 0 radical (unpaired) electrons. The molecule has 0 aliphatic heterocycles. The van der Waals surface area contributed by atoms with Crippen LogP contribution in [0.3, 0.4) is 0 Å². The smallest absolute Gasteiger partial charge is 0.271 e. The van der Waals surface area contributed by atoms with E-state index in [9.17, 15) is 14.9 Å². The zero-order chi connectivity index (χ0) is 18.5. The lowest BCUT2D eigenvalue weighted by atomic mass is 9.89. The third kappa shape index (κ3) is 4.39. The maximum Gasteiger partial charge on any atom is 0.271 e. The number of hydrogen-bond donors (Lipinski definition) is 2. The molecule has 0 heterocycles. The fourth-order valence-electron chi connectivity index (χ4n) is 3.31. The topological polar surface area (TPSA) is 84.3 Å². The van der Waals surface area contributed by atoms with Gasteiger partial charge in [0.05, 0.1) is 17.5 Å². The lowest BCUT2D eigenvalue weighted by Crippen LogP contribution is -2.32. The number of nitrogens with zero attached hydrogens (tertiary/aromatic N) is 1. The lowest BCUT2D eigenvalue weighted by Gasteiger charge is -2.20. The van der Waals surface area contributed by atoms with Gasteiger partial charge < -0.3 is 10.6 Å². The van der Waals surface area contributed by atoms with Gasteiger partial charge in [-0.25, -0.2) is 0 Å². The highest BCUT2D eigenvalue weighted by atomic mass is 16.6. The molecule has 0 fully saturated rings. The number of carbonyl (C=O) groups excluding carboxylic acids is 1. The molecule has 0 aromatic heterocycles.